The minimum Gasteiger partial charge on any atom is -0.327 e. The Morgan fingerprint density at radius 2 is 2.23 bits per heavy atom. The Kier molecular flexibility index (Phi) is 3.98. The van der Waals surface area contributed by atoms with Crippen molar-refractivity contribution >= 4 is 0 Å². The van der Waals surface area contributed by atoms with E-state index in [-0.39, 0.29) is 0 Å². The monoisotopic (exact) mass is 181 g/mol. The van der Waals surface area contributed by atoms with Gasteiger partial charge in [-0.2, -0.15) is 0 Å². The second-order valence-electron chi connectivity index (χ2n) is 4.86. The molecule has 1 nitrogen and oxygen atoms in total. The number of hydrogen-bond acceptors (Lipinski definition) is 1. The molecule has 3 unspecified atom stereocenters. The van der Waals surface area contributed by atoms with Crippen molar-refractivity contribution in [2.24, 2.45) is 17.6 Å². The predicted octanol–water partition coefficient (Wildman–Crippen LogP) is 3.11. The molecule has 0 aliphatic heterocycles. The molecule has 0 aromatic rings. The molecule has 0 radical (unpaired) electrons. The zero-order chi connectivity index (χ0) is 9.84. The summed E-state index contributed by atoms with van der Waals surface area (Å²) in [5, 5.41) is 0. The van der Waals surface area contributed by atoms with Crippen molar-refractivity contribution in [1.29, 1.82) is 0 Å². The summed E-state index contributed by atoms with van der Waals surface area (Å²) < 4.78 is 0. The smallest absolute Gasteiger partial charge is 0.0104 e. The van der Waals surface area contributed by atoms with E-state index in [1.54, 1.807) is 0 Å². The standard InChI is InChI=1S/C12H23N/c1-9(2)7-12(13)11-6-4-5-10(3)8-11/h10-12H,1,4-8,13H2,2-3H3. The van der Waals surface area contributed by atoms with E-state index < -0.39 is 0 Å². The van der Waals surface area contributed by atoms with E-state index in [1.807, 2.05) is 0 Å². The van der Waals surface area contributed by atoms with Gasteiger partial charge in [0, 0.05) is 6.04 Å². The highest BCUT2D eigenvalue weighted by Crippen LogP contribution is 2.31. The van der Waals surface area contributed by atoms with Gasteiger partial charge in [-0.05, 0) is 38.0 Å². The Morgan fingerprint density at radius 3 is 2.77 bits per heavy atom. The third-order valence-electron chi connectivity index (χ3n) is 3.17. The maximum Gasteiger partial charge on any atom is 0.0104 e. The lowest BCUT2D eigenvalue weighted by molar-refractivity contribution is 0.245. The van der Waals surface area contributed by atoms with Crippen molar-refractivity contribution in [3.8, 4) is 0 Å². The van der Waals surface area contributed by atoms with Gasteiger partial charge in [0.05, 0.1) is 0 Å². The summed E-state index contributed by atoms with van der Waals surface area (Å²) in [6, 6.07) is 0.361. The lowest BCUT2D eigenvalue weighted by Gasteiger charge is -2.31. The van der Waals surface area contributed by atoms with Crippen LogP contribution in [0.25, 0.3) is 0 Å². The van der Waals surface area contributed by atoms with Crippen LogP contribution in [0.5, 0.6) is 0 Å². The second kappa shape index (κ2) is 4.80. The van der Waals surface area contributed by atoms with Gasteiger partial charge in [-0.25, -0.2) is 0 Å². The van der Waals surface area contributed by atoms with Crippen molar-refractivity contribution < 1.29 is 0 Å². The van der Waals surface area contributed by atoms with Crippen LogP contribution in [0.2, 0.25) is 0 Å². The van der Waals surface area contributed by atoms with Crippen LogP contribution in [0.4, 0.5) is 0 Å². The van der Waals surface area contributed by atoms with Crippen LogP contribution >= 0.6 is 0 Å². The van der Waals surface area contributed by atoms with E-state index in [9.17, 15) is 0 Å². The summed E-state index contributed by atoms with van der Waals surface area (Å²) in [6.45, 7) is 8.35. The lowest BCUT2D eigenvalue weighted by Crippen LogP contribution is -2.33. The van der Waals surface area contributed by atoms with Crippen LogP contribution in [0.1, 0.15) is 46.0 Å². The highest BCUT2D eigenvalue weighted by molar-refractivity contribution is 4.94. The van der Waals surface area contributed by atoms with Gasteiger partial charge in [0.25, 0.3) is 0 Å². The minimum atomic E-state index is 0.361. The van der Waals surface area contributed by atoms with Crippen molar-refractivity contribution in [2.75, 3.05) is 0 Å². The molecule has 1 heteroatoms. The van der Waals surface area contributed by atoms with Gasteiger partial charge in [0.1, 0.15) is 0 Å². The van der Waals surface area contributed by atoms with Crippen LogP contribution in [0.3, 0.4) is 0 Å². The summed E-state index contributed by atoms with van der Waals surface area (Å²) >= 11 is 0. The molecule has 1 aliphatic rings. The average Bonchev–Trinajstić information content (AvgIpc) is 2.03. The number of rotatable bonds is 3. The van der Waals surface area contributed by atoms with Gasteiger partial charge < -0.3 is 5.73 Å². The van der Waals surface area contributed by atoms with Crippen LogP contribution in [-0.2, 0) is 0 Å². The molecule has 0 bridgehead atoms. The van der Waals surface area contributed by atoms with Gasteiger partial charge in [0.2, 0.25) is 0 Å². The molecule has 1 saturated carbocycles. The first-order valence-corrected chi connectivity index (χ1v) is 5.49. The molecule has 0 aromatic carbocycles. The summed E-state index contributed by atoms with van der Waals surface area (Å²) in [5.74, 6) is 1.63. The molecule has 0 saturated heterocycles. The molecular weight excluding hydrogens is 158 g/mol. The quantitative estimate of drug-likeness (QED) is 0.665. The summed E-state index contributed by atoms with van der Waals surface area (Å²) in [6.07, 6.45) is 6.44. The van der Waals surface area contributed by atoms with Crippen molar-refractivity contribution in [1.82, 2.24) is 0 Å². The average molecular weight is 181 g/mol. The van der Waals surface area contributed by atoms with E-state index in [0.29, 0.717) is 6.04 Å². The van der Waals surface area contributed by atoms with Gasteiger partial charge in [0.15, 0.2) is 0 Å². The summed E-state index contributed by atoms with van der Waals surface area (Å²) in [5.41, 5.74) is 7.38. The first-order chi connectivity index (χ1) is 6.09. The molecule has 1 rings (SSSR count). The van der Waals surface area contributed by atoms with Crippen LogP contribution in [0.15, 0.2) is 12.2 Å². The molecular formula is C12H23N. The summed E-state index contributed by atoms with van der Waals surface area (Å²) in [4.78, 5) is 0. The Labute approximate surface area is 82.4 Å². The topological polar surface area (TPSA) is 26.0 Å². The van der Waals surface area contributed by atoms with Crippen molar-refractivity contribution in [3.05, 3.63) is 12.2 Å². The molecule has 1 fully saturated rings. The predicted molar refractivity (Wildman–Crippen MR) is 58.5 cm³/mol. The molecule has 76 valence electrons. The fourth-order valence-corrected chi connectivity index (χ4v) is 2.44. The highest BCUT2D eigenvalue weighted by Gasteiger charge is 2.23. The van der Waals surface area contributed by atoms with E-state index in [0.717, 1.165) is 18.3 Å². The molecule has 0 spiro atoms. The maximum absolute atomic E-state index is 6.15. The summed E-state index contributed by atoms with van der Waals surface area (Å²) in [7, 11) is 0. The molecule has 0 amide bonds. The van der Waals surface area contributed by atoms with E-state index in [1.165, 1.54) is 31.3 Å². The van der Waals surface area contributed by atoms with Gasteiger partial charge in [-0.3, -0.25) is 0 Å². The van der Waals surface area contributed by atoms with E-state index in [4.69, 9.17) is 5.73 Å². The largest absolute Gasteiger partial charge is 0.327 e. The Balaban J connectivity index is 2.36. The zero-order valence-electron chi connectivity index (χ0n) is 9.05. The highest BCUT2D eigenvalue weighted by atomic mass is 14.6. The Morgan fingerprint density at radius 1 is 1.54 bits per heavy atom. The van der Waals surface area contributed by atoms with Gasteiger partial charge in [-0.15, -0.1) is 6.58 Å². The first kappa shape index (κ1) is 10.8. The van der Waals surface area contributed by atoms with Gasteiger partial charge in [-0.1, -0.05) is 25.3 Å². The Hall–Kier alpha value is -0.300. The number of hydrogen-bond donors (Lipinski definition) is 1. The lowest BCUT2D eigenvalue weighted by atomic mass is 9.77. The molecule has 0 aromatic heterocycles. The molecule has 2 N–H and O–H groups in total. The van der Waals surface area contributed by atoms with E-state index in [2.05, 4.69) is 20.4 Å². The Bertz CT molecular complexity index is 174. The van der Waals surface area contributed by atoms with Crippen LogP contribution in [0, 0.1) is 11.8 Å². The minimum absolute atomic E-state index is 0.361. The second-order valence-corrected chi connectivity index (χ2v) is 4.86. The molecule has 1 aliphatic carbocycles. The first-order valence-electron chi connectivity index (χ1n) is 5.49. The third kappa shape index (κ3) is 3.51. The van der Waals surface area contributed by atoms with E-state index >= 15 is 0 Å². The molecule has 0 heterocycles. The maximum atomic E-state index is 6.15. The molecule has 3 atom stereocenters. The van der Waals surface area contributed by atoms with Crippen molar-refractivity contribution in [2.45, 2.75) is 52.0 Å². The van der Waals surface area contributed by atoms with Gasteiger partial charge >= 0.3 is 0 Å². The fourth-order valence-electron chi connectivity index (χ4n) is 2.44. The fraction of sp³-hybridized carbons (Fsp3) is 0.833. The molecule has 13 heavy (non-hydrogen) atoms. The third-order valence-corrected chi connectivity index (χ3v) is 3.17. The number of nitrogens with two attached hydrogens (primary N) is 1. The van der Waals surface area contributed by atoms with Crippen LogP contribution < -0.4 is 5.73 Å². The normalized spacial score (nSPS) is 31.3. The van der Waals surface area contributed by atoms with Crippen LogP contribution in [-0.4, -0.2) is 6.04 Å². The van der Waals surface area contributed by atoms with Crippen molar-refractivity contribution in [3.63, 3.8) is 0 Å². The SMILES string of the molecule is C=C(C)CC(N)C1CCCC(C)C1. The zero-order valence-corrected chi connectivity index (χ0v) is 9.05.